The van der Waals surface area contributed by atoms with Crippen LogP contribution in [0.25, 0.3) is 17.1 Å². The number of aromatic amines is 1. The van der Waals surface area contributed by atoms with Crippen LogP contribution in [-0.4, -0.2) is 45.9 Å². The Kier molecular flexibility index (Phi) is 5.65. The number of aromatic nitrogens is 3. The van der Waals surface area contributed by atoms with Crippen molar-refractivity contribution in [1.82, 2.24) is 25.2 Å². The third-order valence-electron chi connectivity index (χ3n) is 5.57. The zero-order chi connectivity index (χ0) is 22.1. The summed E-state index contributed by atoms with van der Waals surface area (Å²) in [5.74, 6) is -0.636. The summed E-state index contributed by atoms with van der Waals surface area (Å²) in [7, 11) is 1.58. The van der Waals surface area contributed by atoms with E-state index in [0.29, 0.717) is 29.0 Å². The van der Waals surface area contributed by atoms with Crippen LogP contribution in [0.2, 0.25) is 0 Å². The minimum atomic E-state index is -0.427. The molecule has 4 rings (SSSR count). The molecule has 0 saturated carbocycles. The summed E-state index contributed by atoms with van der Waals surface area (Å²) >= 11 is 0. The molecule has 8 heteroatoms. The van der Waals surface area contributed by atoms with Crippen LogP contribution in [0.15, 0.2) is 34.6 Å². The molecule has 1 aromatic carbocycles. The number of benzene rings is 1. The molecule has 31 heavy (non-hydrogen) atoms. The van der Waals surface area contributed by atoms with E-state index in [2.05, 4.69) is 31.2 Å². The zero-order valence-electron chi connectivity index (χ0n) is 17.8. The second kappa shape index (κ2) is 8.39. The van der Waals surface area contributed by atoms with Crippen LogP contribution in [-0.2, 0) is 6.54 Å². The van der Waals surface area contributed by atoms with Crippen LogP contribution in [0.4, 0.5) is 4.39 Å². The summed E-state index contributed by atoms with van der Waals surface area (Å²) in [6.07, 6.45) is 2.97. The number of carbonyl (C=O) groups is 1. The third kappa shape index (κ3) is 4.25. The Bertz CT molecular complexity index is 1260. The Morgan fingerprint density at radius 2 is 2.03 bits per heavy atom. The number of hydrogen-bond donors (Lipinski definition) is 2. The molecule has 1 fully saturated rings. The first-order valence-corrected chi connectivity index (χ1v) is 10.1. The van der Waals surface area contributed by atoms with Crippen molar-refractivity contribution in [2.45, 2.75) is 26.8 Å². The smallest absolute Gasteiger partial charge is 0.269 e. The van der Waals surface area contributed by atoms with Gasteiger partial charge in [0.1, 0.15) is 16.9 Å². The maximum atomic E-state index is 15.0. The van der Waals surface area contributed by atoms with E-state index in [1.165, 1.54) is 5.57 Å². The number of pyridine rings is 1. The fourth-order valence-electron chi connectivity index (χ4n) is 3.82. The second-order valence-electron chi connectivity index (χ2n) is 7.80. The van der Waals surface area contributed by atoms with Crippen LogP contribution >= 0.6 is 0 Å². The highest BCUT2D eigenvalue weighted by atomic mass is 19.1. The number of rotatable bonds is 4. The molecule has 1 aliphatic rings. The fraction of sp³-hybridized carbons (Fsp3) is 0.304. The number of aryl methyl sites for hydroxylation is 2. The van der Waals surface area contributed by atoms with E-state index in [4.69, 9.17) is 0 Å². The zero-order valence-corrected chi connectivity index (χ0v) is 17.8. The molecular formula is C23H24FN5O2. The van der Waals surface area contributed by atoms with Gasteiger partial charge in [-0.25, -0.2) is 14.4 Å². The van der Waals surface area contributed by atoms with Gasteiger partial charge >= 0.3 is 0 Å². The van der Waals surface area contributed by atoms with Crippen molar-refractivity contribution >= 4 is 23.0 Å². The van der Waals surface area contributed by atoms with Gasteiger partial charge in [-0.2, -0.15) is 0 Å². The van der Waals surface area contributed by atoms with Crippen LogP contribution in [0.3, 0.4) is 0 Å². The molecule has 160 valence electrons. The first-order valence-electron chi connectivity index (χ1n) is 10.1. The fourth-order valence-corrected chi connectivity index (χ4v) is 3.82. The van der Waals surface area contributed by atoms with Gasteiger partial charge in [0, 0.05) is 37.9 Å². The van der Waals surface area contributed by atoms with Crippen LogP contribution in [0, 0.1) is 19.7 Å². The molecule has 2 aromatic heterocycles. The lowest BCUT2D eigenvalue weighted by atomic mass is 10.1. The van der Waals surface area contributed by atoms with Gasteiger partial charge in [-0.15, -0.1) is 0 Å². The van der Waals surface area contributed by atoms with Crippen molar-refractivity contribution in [2.24, 2.45) is 0 Å². The molecule has 1 saturated heterocycles. The quantitative estimate of drug-likeness (QED) is 0.676. The lowest BCUT2D eigenvalue weighted by Gasteiger charge is -2.15. The Balaban J connectivity index is 1.51. The predicted molar refractivity (Wildman–Crippen MR) is 117 cm³/mol. The van der Waals surface area contributed by atoms with E-state index in [0.717, 1.165) is 30.8 Å². The monoisotopic (exact) mass is 421 g/mol. The summed E-state index contributed by atoms with van der Waals surface area (Å²) in [4.78, 5) is 36.9. The molecule has 0 spiro atoms. The van der Waals surface area contributed by atoms with Crippen molar-refractivity contribution in [3.63, 3.8) is 0 Å². The minimum absolute atomic E-state index is 0.154. The standard InChI is InChI=1S/C23H24FN5O2/c1-13-16(4-7-19(26-13)23(31)25-3)10-15-8-9-29(11-15)12-17-5-6-18-21(20(17)24)28-22(30)14(2)27-18/h4-7,10H,8-9,11-12H2,1-3H3,(H,25,31)(H,28,30)/b15-10-. The normalized spacial score (nSPS) is 15.7. The molecule has 0 unspecified atom stereocenters. The molecule has 0 aliphatic carbocycles. The number of likely N-dealkylation sites (tertiary alicyclic amines) is 1. The van der Waals surface area contributed by atoms with E-state index in [1.54, 1.807) is 32.2 Å². The minimum Gasteiger partial charge on any atom is -0.354 e. The Morgan fingerprint density at radius 3 is 2.77 bits per heavy atom. The molecule has 7 nitrogen and oxygen atoms in total. The number of fused-ring (bicyclic) bond motifs is 1. The Labute approximate surface area is 179 Å². The molecule has 0 radical (unpaired) electrons. The SMILES string of the molecule is CNC(=O)c1ccc(/C=C2/CCN(Cc3ccc4nc(C)c(=O)[nH]c4c3F)C2)c(C)n1. The largest absolute Gasteiger partial charge is 0.354 e. The highest BCUT2D eigenvalue weighted by molar-refractivity contribution is 5.92. The molecule has 3 heterocycles. The third-order valence-corrected chi connectivity index (χ3v) is 5.57. The number of carbonyl (C=O) groups excluding carboxylic acids is 1. The lowest BCUT2D eigenvalue weighted by Crippen LogP contribution is -2.20. The van der Waals surface area contributed by atoms with Crippen LogP contribution in [0.5, 0.6) is 0 Å². The van der Waals surface area contributed by atoms with Crippen LogP contribution < -0.4 is 10.9 Å². The first-order chi connectivity index (χ1) is 14.9. The molecular weight excluding hydrogens is 397 g/mol. The van der Waals surface area contributed by atoms with Crippen molar-refractivity contribution < 1.29 is 9.18 Å². The van der Waals surface area contributed by atoms with Crippen molar-refractivity contribution in [3.05, 3.63) is 74.2 Å². The molecule has 1 aliphatic heterocycles. The average Bonchev–Trinajstić information content (AvgIpc) is 3.19. The number of H-pyrrole nitrogens is 1. The van der Waals surface area contributed by atoms with Gasteiger partial charge in [-0.3, -0.25) is 14.5 Å². The van der Waals surface area contributed by atoms with E-state index in [9.17, 15) is 14.0 Å². The first kappa shape index (κ1) is 20.9. The van der Waals surface area contributed by atoms with Crippen LogP contribution in [0.1, 0.15) is 39.4 Å². The summed E-state index contributed by atoms with van der Waals surface area (Å²) < 4.78 is 15.0. The van der Waals surface area contributed by atoms with Gasteiger partial charge in [-0.1, -0.05) is 23.8 Å². The molecule has 0 bridgehead atoms. The van der Waals surface area contributed by atoms with E-state index in [-0.39, 0.29) is 17.0 Å². The van der Waals surface area contributed by atoms with E-state index < -0.39 is 5.82 Å². The number of nitrogens with zero attached hydrogens (tertiary/aromatic N) is 3. The topological polar surface area (TPSA) is 91.0 Å². The number of halogens is 1. The lowest BCUT2D eigenvalue weighted by molar-refractivity contribution is 0.0958. The number of nitrogens with one attached hydrogen (secondary N) is 2. The summed E-state index contributed by atoms with van der Waals surface area (Å²) in [5, 5.41) is 2.57. The van der Waals surface area contributed by atoms with E-state index in [1.807, 2.05) is 13.0 Å². The molecule has 0 atom stereocenters. The van der Waals surface area contributed by atoms with Gasteiger partial charge in [0.05, 0.1) is 5.52 Å². The summed E-state index contributed by atoms with van der Waals surface area (Å²) in [6.45, 7) is 5.46. The second-order valence-corrected chi connectivity index (χ2v) is 7.80. The van der Waals surface area contributed by atoms with E-state index >= 15 is 0 Å². The molecule has 3 aromatic rings. The van der Waals surface area contributed by atoms with Gasteiger partial charge in [0.25, 0.3) is 11.5 Å². The molecule has 2 N–H and O–H groups in total. The van der Waals surface area contributed by atoms with Crippen molar-refractivity contribution in [1.29, 1.82) is 0 Å². The maximum Gasteiger partial charge on any atom is 0.269 e. The Hall–Kier alpha value is -3.39. The predicted octanol–water partition coefficient (Wildman–Crippen LogP) is 2.72. The van der Waals surface area contributed by atoms with Gasteiger partial charge in [-0.05, 0) is 38.0 Å². The number of amides is 1. The van der Waals surface area contributed by atoms with Gasteiger partial charge < -0.3 is 10.3 Å². The van der Waals surface area contributed by atoms with Crippen molar-refractivity contribution in [3.8, 4) is 0 Å². The highest BCUT2D eigenvalue weighted by Crippen LogP contribution is 2.24. The maximum absolute atomic E-state index is 15.0. The molecule has 1 amide bonds. The average molecular weight is 421 g/mol. The van der Waals surface area contributed by atoms with Crippen molar-refractivity contribution in [2.75, 3.05) is 20.1 Å². The number of hydrogen-bond acceptors (Lipinski definition) is 5. The highest BCUT2D eigenvalue weighted by Gasteiger charge is 2.20. The van der Waals surface area contributed by atoms with Gasteiger partial charge in [0.15, 0.2) is 5.82 Å². The summed E-state index contributed by atoms with van der Waals surface area (Å²) in [5.41, 5.74) is 4.46. The van der Waals surface area contributed by atoms with Gasteiger partial charge in [0.2, 0.25) is 0 Å². The Morgan fingerprint density at radius 1 is 1.23 bits per heavy atom. The summed E-state index contributed by atoms with van der Waals surface area (Å²) in [6, 6.07) is 7.09.